The Morgan fingerprint density at radius 1 is 1.16 bits per heavy atom. The Morgan fingerprint density at radius 2 is 1.86 bits per heavy atom. The molecule has 1 aromatic heterocycles. The lowest BCUT2D eigenvalue weighted by atomic mass is 10.1. The van der Waals surface area contributed by atoms with Crippen LogP contribution in [0.4, 0.5) is 10.2 Å². The number of aryl methyl sites for hydroxylation is 1. The zero-order valence-corrected chi connectivity index (χ0v) is 23.9. The standard InChI is InChI=1S/C26H39FN4O4SSi/c1-37(2,3)16-13-35-19-31-18-22(29-25(26(31)32)30-11-14-36(33,34)15-12-30)5-4-10-28-24-17-23(24)20-6-8-21(27)9-7-20/h6-9,18,23-24,28H,4-5,10-17,19H2,1-3H3/t23-,24+/m0/s1. The Labute approximate surface area is 220 Å². The first-order valence-corrected chi connectivity index (χ1v) is 18.7. The van der Waals surface area contributed by atoms with Crippen molar-refractivity contribution in [1.82, 2.24) is 14.9 Å². The highest BCUT2D eigenvalue weighted by Crippen LogP contribution is 2.40. The zero-order valence-electron chi connectivity index (χ0n) is 22.1. The van der Waals surface area contributed by atoms with Gasteiger partial charge in [-0.2, -0.15) is 0 Å². The van der Waals surface area contributed by atoms with Gasteiger partial charge < -0.3 is 15.0 Å². The minimum absolute atomic E-state index is 0.0333. The van der Waals surface area contributed by atoms with Crippen LogP contribution in [0.25, 0.3) is 0 Å². The zero-order chi connectivity index (χ0) is 26.6. The van der Waals surface area contributed by atoms with Crippen LogP contribution in [0.2, 0.25) is 25.7 Å². The summed E-state index contributed by atoms with van der Waals surface area (Å²) in [6, 6.07) is 8.15. The summed E-state index contributed by atoms with van der Waals surface area (Å²) in [4.78, 5) is 19.6. The third-order valence-electron chi connectivity index (χ3n) is 6.98. The van der Waals surface area contributed by atoms with Gasteiger partial charge in [-0.05, 0) is 49.5 Å². The summed E-state index contributed by atoms with van der Waals surface area (Å²) in [7, 11) is -4.30. The number of sulfone groups is 1. The third-order valence-corrected chi connectivity index (χ3v) is 10.3. The predicted molar refractivity (Wildman–Crippen MR) is 147 cm³/mol. The monoisotopic (exact) mass is 550 g/mol. The molecule has 1 N–H and O–H groups in total. The number of rotatable bonds is 12. The van der Waals surface area contributed by atoms with Crippen molar-refractivity contribution in [3.05, 3.63) is 57.9 Å². The summed E-state index contributed by atoms with van der Waals surface area (Å²) in [5.74, 6) is 0.593. The van der Waals surface area contributed by atoms with Gasteiger partial charge in [-0.15, -0.1) is 0 Å². The van der Waals surface area contributed by atoms with Crippen molar-refractivity contribution < 1.29 is 17.5 Å². The van der Waals surface area contributed by atoms with Crippen LogP contribution < -0.4 is 15.8 Å². The fourth-order valence-corrected chi connectivity index (χ4v) is 6.48. The van der Waals surface area contributed by atoms with Gasteiger partial charge in [0.2, 0.25) is 0 Å². The number of anilines is 1. The molecule has 2 atom stereocenters. The fraction of sp³-hybridized carbons (Fsp3) is 0.615. The minimum Gasteiger partial charge on any atom is -0.361 e. The molecular weight excluding hydrogens is 511 g/mol. The van der Waals surface area contributed by atoms with E-state index >= 15 is 0 Å². The van der Waals surface area contributed by atoms with Crippen molar-refractivity contribution in [2.75, 3.05) is 42.6 Å². The fourth-order valence-electron chi connectivity index (χ4n) is 4.52. The summed E-state index contributed by atoms with van der Waals surface area (Å²) in [5.41, 5.74) is 1.72. The molecule has 1 saturated carbocycles. The van der Waals surface area contributed by atoms with E-state index in [1.807, 2.05) is 12.1 Å². The summed E-state index contributed by atoms with van der Waals surface area (Å²) in [6.45, 7) is 8.99. The quantitative estimate of drug-likeness (QED) is 0.321. The van der Waals surface area contributed by atoms with Crippen LogP contribution >= 0.6 is 0 Å². The Balaban J connectivity index is 1.36. The third kappa shape index (κ3) is 8.20. The van der Waals surface area contributed by atoms with Gasteiger partial charge in [-0.25, -0.2) is 17.8 Å². The van der Waals surface area contributed by atoms with Crippen molar-refractivity contribution >= 4 is 23.7 Å². The van der Waals surface area contributed by atoms with Crippen molar-refractivity contribution in [1.29, 1.82) is 0 Å². The predicted octanol–water partition coefficient (Wildman–Crippen LogP) is 3.01. The number of ether oxygens (including phenoxy) is 1. The highest BCUT2D eigenvalue weighted by molar-refractivity contribution is 7.91. The molecule has 11 heteroatoms. The van der Waals surface area contributed by atoms with Crippen molar-refractivity contribution in [2.45, 2.75) is 63.6 Å². The second-order valence-electron chi connectivity index (χ2n) is 11.4. The SMILES string of the molecule is C[Si](C)(C)CCOCn1cc(CCCN[C@@H]2C[C@H]2c2ccc(F)cc2)nc(N2CCS(=O)(=O)CC2)c1=O. The largest absolute Gasteiger partial charge is 0.361 e. The maximum Gasteiger partial charge on any atom is 0.295 e. The minimum atomic E-state index is -3.06. The number of nitrogens with one attached hydrogen (secondary N) is 1. The first kappa shape index (κ1) is 27.9. The Hall–Kier alpha value is -2.08. The van der Waals surface area contributed by atoms with Crippen molar-refractivity contribution in [2.24, 2.45) is 0 Å². The summed E-state index contributed by atoms with van der Waals surface area (Å²) in [5, 5.41) is 3.57. The topological polar surface area (TPSA) is 93.5 Å². The van der Waals surface area contributed by atoms with Crippen LogP contribution in [-0.2, 0) is 27.7 Å². The molecule has 37 heavy (non-hydrogen) atoms. The van der Waals surface area contributed by atoms with Gasteiger partial charge in [-0.1, -0.05) is 31.8 Å². The molecule has 204 valence electrons. The van der Waals surface area contributed by atoms with Gasteiger partial charge in [0.05, 0.1) is 17.2 Å². The molecule has 0 radical (unpaired) electrons. The lowest BCUT2D eigenvalue weighted by Crippen LogP contribution is -2.44. The van der Waals surface area contributed by atoms with E-state index in [1.54, 1.807) is 15.7 Å². The second kappa shape index (κ2) is 11.8. The van der Waals surface area contributed by atoms with E-state index in [0.717, 1.165) is 36.7 Å². The molecule has 2 aliphatic rings. The van der Waals surface area contributed by atoms with E-state index in [9.17, 15) is 17.6 Å². The van der Waals surface area contributed by atoms with Gasteiger partial charge in [0.1, 0.15) is 12.5 Å². The Morgan fingerprint density at radius 3 is 2.54 bits per heavy atom. The van der Waals surface area contributed by atoms with Gasteiger partial charge in [0.25, 0.3) is 5.56 Å². The number of aromatic nitrogens is 2. The number of nitrogens with zero attached hydrogens (tertiary/aromatic N) is 3. The first-order valence-electron chi connectivity index (χ1n) is 13.1. The molecule has 1 aliphatic carbocycles. The Kier molecular flexibility index (Phi) is 8.87. The first-order chi connectivity index (χ1) is 17.5. The number of hydrogen-bond donors (Lipinski definition) is 1. The molecule has 1 saturated heterocycles. The van der Waals surface area contributed by atoms with Gasteiger partial charge >= 0.3 is 0 Å². The number of benzene rings is 1. The van der Waals surface area contributed by atoms with Gasteiger partial charge in [0, 0.05) is 45.9 Å². The maximum atomic E-state index is 13.2. The molecule has 4 rings (SSSR count). The smallest absolute Gasteiger partial charge is 0.295 e. The highest BCUT2D eigenvalue weighted by Gasteiger charge is 2.37. The summed E-state index contributed by atoms with van der Waals surface area (Å²) in [6.07, 6.45) is 4.36. The molecule has 8 nitrogen and oxygen atoms in total. The summed E-state index contributed by atoms with van der Waals surface area (Å²) >= 11 is 0. The average molecular weight is 551 g/mol. The molecular formula is C26H39FN4O4SSi. The summed E-state index contributed by atoms with van der Waals surface area (Å²) < 4.78 is 44.4. The van der Waals surface area contributed by atoms with Crippen molar-refractivity contribution in [3.8, 4) is 0 Å². The van der Waals surface area contributed by atoms with E-state index in [4.69, 9.17) is 4.74 Å². The van der Waals surface area contributed by atoms with E-state index in [1.165, 1.54) is 12.1 Å². The number of halogens is 1. The molecule has 1 aliphatic heterocycles. The van der Waals surface area contributed by atoms with Crippen LogP contribution in [0, 0.1) is 5.82 Å². The molecule has 0 unspecified atom stereocenters. The molecule has 2 heterocycles. The normalized spacial score (nSPS) is 21.2. The lowest BCUT2D eigenvalue weighted by molar-refractivity contribution is 0.0844. The van der Waals surface area contributed by atoms with Crippen LogP contribution in [0.5, 0.6) is 0 Å². The molecule has 2 fully saturated rings. The maximum absolute atomic E-state index is 13.2. The molecule has 0 amide bonds. The van der Waals surface area contributed by atoms with Gasteiger partial charge in [-0.3, -0.25) is 9.36 Å². The molecule has 0 spiro atoms. The molecule has 2 aromatic rings. The highest BCUT2D eigenvalue weighted by atomic mass is 32.2. The van der Waals surface area contributed by atoms with Crippen LogP contribution in [0.15, 0.2) is 35.3 Å². The lowest BCUT2D eigenvalue weighted by Gasteiger charge is -2.28. The van der Waals surface area contributed by atoms with E-state index in [2.05, 4.69) is 29.9 Å². The van der Waals surface area contributed by atoms with Gasteiger partial charge in [0.15, 0.2) is 15.7 Å². The Bertz CT molecular complexity index is 1220. The second-order valence-corrected chi connectivity index (χ2v) is 19.3. The van der Waals surface area contributed by atoms with Crippen LogP contribution in [-0.4, -0.2) is 69.8 Å². The number of hydrogen-bond acceptors (Lipinski definition) is 7. The van der Waals surface area contributed by atoms with E-state index in [0.29, 0.717) is 30.8 Å². The molecule has 1 aromatic carbocycles. The van der Waals surface area contributed by atoms with Crippen LogP contribution in [0.1, 0.15) is 30.0 Å². The van der Waals surface area contributed by atoms with Crippen LogP contribution in [0.3, 0.4) is 0 Å². The average Bonchev–Trinajstić information content (AvgIpc) is 3.60. The van der Waals surface area contributed by atoms with Crippen molar-refractivity contribution in [3.63, 3.8) is 0 Å². The van der Waals surface area contributed by atoms with E-state index < -0.39 is 17.9 Å². The van der Waals surface area contributed by atoms with E-state index in [-0.39, 0.29) is 42.7 Å². The molecule has 0 bridgehead atoms.